The number of halogens is 3. The van der Waals surface area contributed by atoms with E-state index in [0.717, 1.165) is 12.1 Å². The SMILES string of the molecule is COC(=S)c1ccc(C(F)(F)F)cc1. The van der Waals surface area contributed by atoms with Crippen LogP contribution in [0.15, 0.2) is 24.3 Å². The zero-order valence-corrected chi connectivity index (χ0v) is 8.08. The molecule has 0 atom stereocenters. The first-order chi connectivity index (χ1) is 6.45. The Kier molecular flexibility index (Phi) is 3.10. The van der Waals surface area contributed by atoms with Crippen LogP contribution in [0, 0.1) is 0 Å². The van der Waals surface area contributed by atoms with Crippen molar-refractivity contribution in [2.75, 3.05) is 7.11 Å². The first kappa shape index (κ1) is 11.0. The number of benzene rings is 1. The summed E-state index contributed by atoms with van der Waals surface area (Å²) in [4.78, 5) is 0. The fraction of sp³-hybridized carbons (Fsp3) is 0.222. The predicted molar refractivity (Wildman–Crippen MR) is 50.2 cm³/mol. The lowest BCUT2D eigenvalue weighted by Crippen LogP contribution is -2.06. The first-order valence-electron chi connectivity index (χ1n) is 3.70. The molecule has 14 heavy (non-hydrogen) atoms. The van der Waals surface area contributed by atoms with Crippen molar-refractivity contribution in [1.29, 1.82) is 0 Å². The largest absolute Gasteiger partial charge is 0.486 e. The number of ether oxygens (including phenoxy) is 1. The van der Waals surface area contributed by atoms with E-state index >= 15 is 0 Å². The van der Waals surface area contributed by atoms with Crippen LogP contribution in [0.1, 0.15) is 11.1 Å². The zero-order chi connectivity index (χ0) is 10.8. The molecule has 0 aliphatic rings. The van der Waals surface area contributed by atoms with Crippen molar-refractivity contribution in [3.05, 3.63) is 35.4 Å². The third kappa shape index (κ3) is 2.45. The molecular formula is C9H7F3OS. The van der Waals surface area contributed by atoms with Crippen LogP contribution in [0.5, 0.6) is 0 Å². The molecule has 0 unspecified atom stereocenters. The summed E-state index contributed by atoms with van der Waals surface area (Å²) in [5, 5.41) is 0.179. The normalized spacial score (nSPS) is 11.1. The van der Waals surface area contributed by atoms with Gasteiger partial charge in [0.1, 0.15) is 0 Å². The van der Waals surface area contributed by atoms with Crippen molar-refractivity contribution in [1.82, 2.24) is 0 Å². The van der Waals surface area contributed by atoms with Crippen molar-refractivity contribution in [2.24, 2.45) is 0 Å². The Labute approximate surface area is 84.5 Å². The van der Waals surface area contributed by atoms with E-state index in [1.807, 2.05) is 0 Å². The number of hydrogen-bond donors (Lipinski definition) is 0. The molecule has 0 aromatic heterocycles. The summed E-state index contributed by atoms with van der Waals surface area (Å²) in [6.07, 6.45) is -4.31. The highest BCUT2D eigenvalue weighted by atomic mass is 32.1. The molecule has 1 nitrogen and oxygen atoms in total. The molecule has 0 radical (unpaired) electrons. The lowest BCUT2D eigenvalue weighted by molar-refractivity contribution is -0.137. The smallest absolute Gasteiger partial charge is 0.416 e. The maximum absolute atomic E-state index is 12.1. The summed E-state index contributed by atoms with van der Waals surface area (Å²) in [5.74, 6) is 0. The van der Waals surface area contributed by atoms with Gasteiger partial charge in [0.15, 0.2) is 5.05 Å². The van der Waals surface area contributed by atoms with Crippen LogP contribution in [-0.4, -0.2) is 12.2 Å². The Bertz CT molecular complexity index is 329. The molecule has 0 heterocycles. The topological polar surface area (TPSA) is 9.23 Å². The average Bonchev–Trinajstić information content (AvgIpc) is 2.15. The van der Waals surface area contributed by atoms with Crippen molar-refractivity contribution < 1.29 is 17.9 Å². The molecule has 0 saturated heterocycles. The van der Waals surface area contributed by atoms with Crippen molar-refractivity contribution in [2.45, 2.75) is 6.18 Å². The van der Waals surface area contributed by atoms with Crippen LogP contribution in [0.4, 0.5) is 13.2 Å². The highest BCUT2D eigenvalue weighted by molar-refractivity contribution is 7.80. The van der Waals surface area contributed by atoms with Gasteiger partial charge in [-0.1, -0.05) is 0 Å². The van der Waals surface area contributed by atoms with Gasteiger partial charge in [-0.25, -0.2) is 0 Å². The number of alkyl halides is 3. The molecular weight excluding hydrogens is 213 g/mol. The van der Waals surface area contributed by atoms with Gasteiger partial charge in [0.2, 0.25) is 0 Å². The Hall–Kier alpha value is -1.10. The maximum Gasteiger partial charge on any atom is 0.416 e. The third-order valence-corrected chi connectivity index (χ3v) is 2.04. The summed E-state index contributed by atoms with van der Waals surface area (Å²) in [7, 11) is 1.38. The molecule has 0 amide bonds. The molecule has 0 spiro atoms. The Morgan fingerprint density at radius 2 is 1.71 bits per heavy atom. The summed E-state index contributed by atoms with van der Waals surface area (Å²) >= 11 is 4.75. The number of thiocarbonyl (C=S) groups is 1. The van der Waals surface area contributed by atoms with Gasteiger partial charge in [-0.15, -0.1) is 0 Å². The van der Waals surface area contributed by atoms with Gasteiger partial charge in [-0.05, 0) is 36.5 Å². The highest BCUT2D eigenvalue weighted by Gasteiger charge is 2.30. The number of rotatable bonds is 1. The average molecular weight is 220 g/mol. The van der Waals surface area contributed by atoms with E-state index in [-0.39, 0.29) is 5.05 Å². The molecule has 1 aromatic carbocycles. The van der Waals surface area contributed by atoms with E-state index in [1.54, 1.807) is 0 Å². The lowest BCUT2D eigenvalue weighted by Gasteiger charge is -2.07. The van der Waals surface area contributed by atoms with Gasteiger partial charge in [-0.2, -0.15) is 13.2 Å². The van der Waals surface area contributed by atoms with Crippen LogP contribution >= 0.6 is 12.2 Å². The predicted octanol–water partition coefficient (Wildman–Crippen LogP) is 3.03. The van der Waals surface area contributed by atoms with Crippen molar-refractivity contribution >= 4 is 17.3 Å². The minimum absolute atomic E-state index is 0.179. The quantitative estimate of drug-likeness (QED) is 0.673. The second-order valence-corrected chi connectivity index (χ2v) is 2.94. The van der Waals surface area contributed by atoms with Crippen molar-refractivity contribution in [3.8, 4) is 0 Å². The summed E-state index contributed by atoms with van der Waals surface area (Å²) in [6.45, 7) is 0. The third-order valence-electron chi connectivity index (χ3n) is 1.63. The Morgan fingerprint density at radius 1 is 1.21 bits per heavy atom. The monoisotopic (exact) mass is 220 g/mol. The molecule has 0 bridgehead atoms. The summed E-state index contributed by atoms with van der Waals surface area (Å²) in [6, 6.07) is 4.52. The van der Waals surface area contributed by atoms with E-state index in [9.17, 15) is 13.2 Å². The standard InChI is InChI=1S/C9H7F3OS/c1-13-8(14)6-2-4-7(5-3-6)9(10,11)12/h2-5H,1H3. The fourth-order valence-corrected chi connectivity index (χ4v) is 1.05. The van der Waals surface area contributed by atoms with E-state index in [0.29, 0.717) is 5.56 Å². The number of methoxy groups -OCH3 is 1. The van der Waals surface area contributed by atoms with Crippen LogP contribution < -0.4 is 0 Å². The molecule has 0 aliphatic heterocycles. The molecule has 76 valence electrons. The van der Waals surface area contributed by atoms with Crippen LogP contribution in [0.2, 0.25) is 0 Å². The van der Waals surface area contributed by atoms with Gasteiger partial charge >= 0.3 is 6.18 Å². The van der Waals surface area contributed by atoms with Gasteiger partial charge in [-0.3, -0.25) is 0 Å². The van der Waals surface area contributed by atoms with Crippen LogP contribution in [0.25, 0.3) is 0 Å². The number of hydrogen-bond acceptors (Lipinski definition) is 2. The van der Waals surface area contributed by atoms with Crippen LogP contribution in [0.3, 0.4) is 0 Å². The van der Waals surface area contributed by atoms with Gasteiger partial charge in [0.05, 0.1) is 12.7 Å². The highest BCUT2D eigenvalue weighted by Crippen LogP contribution is 2.29. The minimum atomic E-state index is -4.31. The zero-order valence-electron chi connectivity index (χ0n) is 7.26. The molecule has 0 N–H and O–H groups in total. The van der Waals surface area contributed by atoms with Gasteiger partial charge < -0.3 is 4.74 Å². The minimum Gasteiger partial charge on any atom is -0.486 e. The Balaban J connectivity index is 2.95. The molecule has 0 aliphatic carbocycles. The van der Waals surface area contributed by atoms with Gasteiger partial charge in [0.25, 0.3) is 0 Å². The maximum atomic E-state index is 12.1. The van der Waals surface area contributed by atoms with Crippen molar-refractivity contribution in [3.63, 3.8) is 0 Å². The Morgan fingerprint density at radius 3 is 2.07 bits per heavy atom. The fourth-order valence-electron chi connectivity index (χ4n) is 0.913. The van der Waals surface area contributed by atoms with Crippen LogP contribution in [-0.2, 0) is 10.9 Å². The van der Waals surface area contributed by atoms with Gasteiger partial charge in [0, 0.05) is 5.56 Å². The molecule has 1 rings (SSSR count). The van der Waals surface area contributed by atoms with E-state index in [4.69, 9.17) is 17.0 Å². The van der Waals surface area contributed by atoms with E-state index in [2.05, 4.69) is 0 Å². The molecule has 5 heteroatoms. The second-order valence-electron chi connectivity index (χ2n) is 2.57. The summed E-state index contributed by atoms with van der Waals surface area (Å²) < 4.78 is 41.1. The first-order valence-corrected chi connectivity index (χ1v) is 4.11. The van der Waals surface area contributed by atoms with E-state index in [1.165, 1.54) is 19.2 Å². The lowest BCUT2D eigenvalue weighted by atomic mass is 10.1. The van der Waals surface area contributed by atoms with E-state index < -0.39 is 11.7 Å². The second kappa shape index (κ2) is 3.96. The molecule has 0 fully saturated rings. The molecule has 0 saturated carbocycles. The molecule has 1 aromatic rings. The summed E-state index contributed by atoms with van der Waals surface area (Å²) in [5.41, 5.74) is -0.226.